The molecule has 4 heteroatoms. The molecule has 0 heterocycles. The molecule has 0 saturated carbocycles. The van der Waals surface area contributed by atoms with Crippen LogP contribution in [-0.4, -0.2) is 22.5 Å². The quantitative estimate of drug-likeness (QED) is 0.750. The molecule has 0 unspecified atom stereocenters. The summed E-state index contributed by atoms with van der Waals surface area (Å²) in [4.78, 5) is 0. The minimum absolute atomic E-state index is 0.741. The summed E-state index contributed by atoms with van der Waals surface area (Å²) in [7, 11) is -1.50. The Morgan fingerprint density at radius 1 is 1.20 bits per heavy atom. The van der Waals surface area contributed by atoms with Gasteiger partial charge < -0.3 is 8.85 Å². The van der Waals surface area contributed by atoms with Gasteiger partial charge in [0.15, 0.2) is 0 Å². The average molecular weight is 289 g/mol. The lowest BCUT2D eigenvalue weighted by atomic mass is 10.2. The minimum Gasteiger partial charge on any atom is -0.397 e. The van der Waals surface area contributed by atoms with E-state index in [4.69, 9.17) is 8.85 Å². The van der Waals surface area contributed by atoms with Crippen molar-refractivity contribution in [3.63, 3.8) is 0 Å². The van der Waals surface area contributed by atoms with Crippen molar-refractivity contribution in [1.82, 2.24) is 0 Å². The van der Waals surface area contributed by atoms with E-state index < -0.39 is 9.28 Å². The highest BCUT2D eigenvalue weighted by molar-refractivity contribution is 9.10. The van der Waals surface area contributed by atoms with Crippen LogP contribution in [0.4, 0.5) is 0 Å². The Balaban J connectivity index is 2.56. The largest absolute Gasteiger partial charge is 0.397 e. The predicted molar refractivity (Wildman–Crippen MR) is 68.2 cm³/mol. The standard InChI is InChI=1S/C11H17BrO2Si/c1-3-13-15(14-4-2)9-10-6-5-7-11(12)8-10/h5-8,15H,3-4,9H2,1-2H3. The molecule has 0 aliphatic heterocycles. The lowest BCUT2D eigenvalue weighted by Crippen LogP contribution is -2.26. The predicted octanol–water partition coefficient (Wildman–Crippen LogP) is 2.82. The van der Waals surface area contributed by atoms with Gasteiger partial charge in [-0.1, -0.05) is 28.1 Å². The molecule has 0 aliphatic carbocycles. The first-order valence-corrected chi connectivity index (χ1v) is 7.79. The van der Waals surface area contributed by atoms with Gasteiger partial charge in [-0.25, -0.2) is 0 Å². The lowest BCUT2D eigenvalue weighted by molar-refractivity contribution is 0.213. The van der Waals surface area contributed by atoms with Crippen molar-refractivity contribution >= 4 is 25.2 Å². The smallest absolute Gasteiger partial charge is 0.325 e. The molecule has 0 aliphatic rings. The van der Waals surface area contributed by atoms with E-state index in [0.717, 1.165) is 23.7 Å². The summed E-state index contributed by atoms with van der Waals surface area (Å²) in [5, 5.41) is 0. The summed E-state index contributed by atoms with van der Waals surface area (Å²) in [6.45, 7) is 5.51. The third kappa shape index (κ3) is 4.93. The summed E-state index contributed by atoms with van der Waals surface area (Å²) < 4.78 is 12.4. The van der Waals surface area contributed by atoms with E-state index in [2.05, 4.69) is 28.1 Å². The molecule has 0 saturated heterocycles. The summed E-state index contributed by atoms with van der Waals surface area (Å²) in [5.41, 5.74) is 1.28. The van der Waals surface area contributed by atoms with Crippen molar-refractivity contribution in [2.75, 3.05) is 13.2 Å². The molecule has 0 radical (unpaired) electrons. The van der Waals surface area contributed by atoms with Crippen LogP contribution in [-0.2, 0) is 14.9 Å². The molecule has 0 atom stereocenters. The second-order valence-electron chi connectivity index (χ2n) is 3.17. The van der Waals surface area contributed by atoms with Crippen LogP contribution >= 0.6 is 15.9 Å². The van der Waals surface area contributed by atoms with Gasteiger partial charge in [0.2, 0.25) is 0 Å². The average Bonchev–Trinajstić information content (AvgIpc) is 2.18. The Kier molecular flexibility index (Phi) is 6.17. The van der Waals surface area contributed by atoms with Gasteiger partial charge in [-0.05, 0) is 31.5 Å². The first-order valence-electron chi connectivity index (χ1n) is 5.24. The van der Waals surface area contributed by atoms with Gasteiger partial charge in [-0.15, -0.1) is 0 Å². The van der Waals surface area contributed by atoms with Crippen molar-refractivity contribution in [3.05, 3.63) is 34.3 Å². The van der Waals surface area contributed by atoms with Crippen LogP contribution in [0.2, 0.25) is 0 Å². The first kappa shape index (κ1) is 12.9. The number of halogens is 1. The second kappa shape index (κ2) is 7.17. The fourth-order valence-electron chi connectivity index (χ4n) is 1.39. The molecule has 15 heavy (non-hydrogen) atoms. The Bertz CT molecular complexity index is 288. The Morgan fingerprint density at radius 2 is 1.87 bits per heavy atom. The molecule has 2 nitrogen and oxygen atoms in total. The molecule has 0 amide bonds. The van der Waals surface area contributed by atoms with Crippen LogP contribution in [0.1, 0.15) is 19.4 Å². The van der Waals surface area contributed by atoms with Crippen LogP contribution < -0.4 is 0 Å². The normalized spacial score (nSPS) is 10.9. The van der Waals surface area contributed by atoms with E-state index in [-0.39, 0.29) is 0 Å². The van der Waals surface area contributed by atoms with Gasteiger partial charge in [0.1, 0.15) is 0 Å². The van der Waals surface area contributed by atoms with E-state index in [1.54, 1.807) is 0 Å². The SMILES string of the molecule is CCO[SiH](Cc1cccc(Br)c1)OCC. The zero-order valence-corrected chi connectivity index (χ0v) is 11.9. The highest BCUT2D eigenvalue weighted by Crippen LogP contribution is 2.13. The fraction of sp³-hybridized carbons (Fsp3) is 0.455. The van der Waals surface area contributed by atoms with Gasteiger partial charge >= 0.3 is 9.28 Å². The van der Waals surface area contributed by atoms with Gasteiger partial charge in [0, 0.05) is 23.7 Å². The number of rotatable bonds is 6. The van der Waals surface area contributed by atoms with Crippen molar-refractivity contribution in [3.8, 4) is 0 Å². The summed E-state index contributed by atoms with van der Waals surface area (Å²) in [6, 6.07) is 9.24. The third-order valence-electron chi connectivity index (χ3n) is 2.00. The van der Waals surface area contributed by atoms with E-state index in [9.17, 15) is 0 Å². The highest BCUT2D eigenvalue weighted by Gasteiger charge is 2.12. The molecule has 0 N–H and O–H groups in total. The molecule has 0 fully saturated rings. The summed E-state index contributed by atoms with van der Waals surface area (Å²) in [6.07, 6.45) is 0. The van der Waals surface area contributed by atoms with Crippen LogP contribution in [0.25, 0.3) is 0 Å². The molecular weight excluding hydrogens is 272 g/mol. The minimum atomic E-state index is -1.50. The summed E-state index contributed by atoms with van der Waals surface area (Å²) >= 11 is 3.46. The molecular formula is C11H17BrO2Si. The molecule has 0 spiro atoms. The van der Waals surface area contributed by atoms with Crippen molar-refractivity contribution in [2.45, 2.75) is 19.9 Å². The lowest BCUT2D eigenvalue weighted by Gasteiger charge is -2.14. The van der Waals surface area contributed by atoms with Gasteiger partial charge in [0.25, 0.3) is 0 Å². The van der Waals surface area contributed by atoms with Gasteiger partial charge in [-0.2, -0.15) is 0 Å². The summed E-state index contributed by atoms with van der Waals surface area (Å²) in [5.74, 6) is 0. The maximum absolute atomic E-state index is 5.63. The number of benzene rings is 1. The Labute approximate surface area is 102 Å². The molecule has 1 aromatic carbocycles. The van der Waals surface area contributed by atoms with E-state index >= 15 is 0 Å². The van der Waals surface area contributed by atoms with E-state index in [0.29, 0.717) is 0 Å². The third-order valence-corrected chi connectivity index (χ3v) is 4.70. The maximum Gasteiger partial charge on any atom is 0.325 e. The van der Waals surface area contributed by atoms with Crippen LogP contribution in [0, 0.1) is 0 Å². The molecule has 0 aromatic heterocycles. The molecule has 84 valence electrons. The van der Waals surface area contributed by atoms with Crippen LogP contribution in [0.5, 0.6) is 0 Å². The van der Waals surface area contributed by atoms with Crippen molar-refractivity contribution < 1.29 is 8.85 Å². The Morgan fingerprint density at radius 3 is 2.40 bits per heavy atom. The van der Waals surface area contributed by atoms with Crippen LogP contribution in [0.15, 0.2) is 28.7 Å². The molecule has 0 bridgehead atoms. The van der Waals surface area contributed by atoms with E-state index in [1.165, 1.54) is 5.56 Å². The van der Waals surface area contributed by atoms with Gasteiger partial charge in [0.05, 0.1) is 0 Å². The molecule has 1 rings (SSSR count). The van der Waals surface area contributed by atoms with Crippen LogP contribution in [0.3, 0.4) is 0 Å². The molecule has 1 aromatic rings. The topological polar surface area (TPSA) is 18.5 Å². The zero-order chi connectivity index (χ0) is 11.1. The second-order valence-corrected chi connectivity index (χ2v) is 6.02. The van der Waals surface area contributed by atoms with Crippen molar-refractivity contribution in [2.24, 2.45) is 0 Å². The monoisotopic (exact) mass is 288 g/mol. The number of hydrogen-bond acceptors (Lipinski definition) is 2. The fourth-order valence-corrected chi connectivity index (χ4v) is 3.56. The Hall–Kier alpha value is -0.163. The van der Waals surface area contributed by atoms with Crippen molar-refractivity contribution in [1.29, 1.82) is 0 Å². The highest BCUT2D eigenvalue weighted by atomic mass is 79.9. The number of hydrogen-bond donors (Lipinski definition) is 0. The zero-order valence-electron chi connectivity index (χ0n) is 9.20. The first-order chi connectivity index (χ1) is 7.26. The van der Waals surface area contributed by atoms with Gasteiger partial charge in [-0.3, -0.25) is 0 Å². The maximum atomic E-state index is 5.63. The van der Waals surface area contributed by atoms with E-state index in [1.807, 2.05) is 26.0 Å².